The van der Waals surface area contributed by atoms with Crippen LogP contribution in [-0.2, 0) is 35.2 Å². The number of esters is 2. The minimum absolute atomic E-state index is 0.0123. The van der Waals surface area contributed by atoms with Gasteiger partial charge in [0.15, 0.2) is 12.4 Å². The Bertz CT molecular complexity index is 1290. The van der Waals surface area contributed by atoms with Gasteiger partial charge in [-0.3, -0.25) is 9.59 Å². The Kier molecular flexibility index (Phi) is 15.2. The summed E-state index contributed by atoms with van der Waals surface area (Å²) in [6, 6.07) is 10.3. The molecule has 0 spiro atoms. The first kappa shape index (κ1) is 35.9. The third-order valence-corrected chi connectivity index (χ3v) is 9.24. The van der Waals surface area contributed by atoms with Crippen LogP contribution in [0.5, 0.6) is 0 Å². The zero-order valence-electron chi connectivity index (χ0n) is 26.0. The van der Waals surface area contributed by atoms with Gasteiger partial charge in [-0.15, -0.1) is 0 Å². The molecule has 1 aliphatic heterocycles. The average molecular weight is 660 g/mol. The number of amides is 2. The van der Waals surface area contributed by atoms with E-state index >= 15 is 0 Å². The lowest BCUT2D eigenvalue weighted by Gasteiger charge is -2.18. The number of carbonyl (C=O) groups excluding carboxylic acids is 4. The first-order valence-electron chi connectivity index (χ1n) is 15.1. The molecule has 0 saturated carbocycles. The van der Waals surface area contributed by atoms with Crippen LogP contribution in [-0.4, -0.2) is 84.9 Å². The molecule has 1 fully saturated rings. The summed E-state index contributed by atoms with van der Waals surface area (Å²) in [5.41, 5.74) is 3.12. The Morgan fingerprint density at radius 2 is 1.42 bits per heavy atom. The Morgan fingerprint density at radius 1 is 0.889 bits per heavy atom. The number of rotatable bonds is 17. The summed E-state index contributed by atoms with van der Waals surface area (Å²) in [5.74, 6) is -1.22. The fourth-order valence-corrected chi connectivity index (χ4v) is 6.71. The van der Waals surface area contributed by atoms with Gasteiger partial charge in [-0.2, -0.15) is 4.57 Å². The highest BCUT2D eigenvalue weighted by Gasteiger charge is 2.26. The summed E-state index contributed by atoms with van der Waals surface area (Å²) in [6.45, 7) is 7.00. The number of nitrogens with zero attached hydrogens (tertiary/aromatic N) is 2. The van der Waals surface area contributed by atoms with Crippen LogP contribution in [0.1, 0.15) is 44.7 Å². The molecule has 11 nitrogen and oxygen atoms in total. The predicted molar refractivity (Wildman–Crippen MR) is 177 cm³/mol. The number of anilines is 1. The van der Waals surface area contributed by atoms with E-state index < -0.39 is 24.0 Å². The van der Waals surface area contributed by atoms with Crippen molar-refractivity contribution in [3.63, 3.8) is 0 Å². The first-order valence-corrected chi connectivity index (χ1v) is 17.6. The molecule has 2 aromatic rings. The largest absolute Gasteiger partial charge is 0.464 e. The van der Waals surface area contributed by atoms with Gasteiger partial charge in [0, 0.05) is 48.8 Å². The second kappa shape index (κ2) is 19.1. The van der Waals surface area contributed by atoms with E-state index in [0.29, 0.717) is 6.54 Å². The summed E-state index contributed by atoms with van der Waals surface area (Å²) in [5, 5.41) is 15.2. The number of pyridine rings is 1. The van der Waals surface area contributed by atoms with Crippen molar-refractivity contribution >= 4 is 63.2 Å². The number of hydrogen-bond donors (Lipinski definition) is 3. The number of nitrogens with one attached hydrogen (secondary N) is 2. The van der Waals surface area contributed by atoms with Crippen molar-refractivity contribution in [2.75, 3.05) is 42.7 Å². The second-order valence-corrected chi connectivity index (χ2v) is 12.8. The normalized spacial score (nSPS) is 15.8. The average Bonchev–Trinajstić information content (AvgIpc) is 3.47. The smallest absolute Gasteiger partial charge is 0.329 e. The summed E-state index contributed by atoms with van der Waals surface area (Å²) in [7, 11) is 2.58. The molecule has 2 amide bonds. The molecule has 0 aliphatic carbocycles. The number of ether oxygens (including phenoxy) is 2. The summed E-state index contributed by atoms with van der Waals surface area (Å²) >= 11 is 0. The van der Waals surface area contributed by atoms with Crippen LogP contribution in [0.15, 0.2) is 48.8 Å². The van der Waals surface area contributed by atoms with Gasteiger partial charge in [-0.25, -0.2) is 9.59 Å². The third-order valence-electron chi connectivity index (χ3n) is 6.82. The van der Waals surface area contributed by atoms with E-state index in [4.69, 9.17) is 9.47 Å². The summed E-state index contributed by atoms with van der Waals surface area (Å²) < 4.78 is 11.9. The zero-order valence-corrected chi connectivity index (χ0v) is 27.6. The van der Waals surface area contributed by atoms with Gasteiger partial charge < -0.3 is 30.1 Å². The number of carbonyl (C=O) groups is 4. The monoisotopic (exact) mass is 659 g/mol. The predicted octanol–water partition coefficient (Wildman–Crippen LogP) is 2.60. The van der Waals surface area contributed by atoms with Crippen LogP contribution < -0.4 is 20.1 Å². The molecule has 3 N–H and O–H groups in total. The van der Waals surface area contributed by atoms with Crippen molar-refractivity contribution in [2.45, 2.75) is 58.3 Å². The van der Waals surface area contributed by atoms with Crippen molar-refractivity contribution in [2.24, 2.45) is 0 Å². The molecule has 0 radical (unpaired) electrons. The van der Waals surface area contributed by atoms with Gasteiger partial charge in [-0.05, 0) is 43.5 Å². The van der Waals surface area contributed by atoms with E-state index in [0.717, 1.165) is 29.8 Å². The number of hydrogen-bond acceptors (Lipinski definition) is 10. The fourth-order valence-electron chi connectivity index (χ4n) is 4.41. The highest BCUT2D eigenvalue weighted by Crippen LogP contribution is 2.24. The van der Waals surface area contributed by atoms with Gasteiger partial charge in [0.1, 0.15) is 12.1 Å². The van der Waals surface area contributed by atoms with Crippen LogP contribution in [0.25, 0.3) is 12.2 Å². The number of aliphatic hydroxyl groups is 1. The van der Waals surface area contributed by atoms with Gasteiger partial charge in [0.25, 0.3) is 5.91 Å². The Balaban J connectivity index is 1.49. The first-order chi connectivity index (χ1) is 21.7. The lowest BCUT2D eigenvalue weighted by molar-refractivity contribution is -0.684. The Labute approximate surface area is 272 Å². The molecule has 3 unspecified atom stereocenters. The standard InChI is InChI=1S/C32H42N4O7S2/c1-4-29(38)33-27(31(40)42-5-2)21-44-45-22-28(32(41)43-6-3)34-30(39)20-35-16-13-24(14-17-35)8-7-23-9-11-25(12-10-23)36-18-15-26(37)19-36/h7-14,16-17,26-28,37H,4-6,15,18-22H2,1-3H3,(H-,33,34,38,39)/p+1. The fraction of sp³-hybridized carbons (Fsp3) is 0.469. The minimum atomic E-state index is -0.883. The maximum absolute atomic E-state index is 12.8. The Morgan fingerprint density at radius 3 is 1.91 bits per heavy atom. The highest BCUT2D eigenvalue weighted by molar-refractivity contribution is 8.76. The molecule has 3 rings (SSSR count). The van der Waals surface area contributed by atoms with Crippen molar-refractivity contribution in [3.8, 4) is 0 Å². The SMILES string of the molecule is CCOC(=O)C(CSSCC(NC(=O)C[n+]1ccc(/C=C/c2ccc(N3CCC(O)C3)cc2)cc1)C(=O)OCC)NC(=O)CC. The highest BCUT2D eigenvalue weighted by atomic mass is 33.1. The molecule has 45 heavy (non-hydrogen) atoms. The molecule has 13 heteroatoms. The van der Waals surface area contributed by atoms with Crippen molar-refractivity contribution in [1.82, 2.24) is 10.6 Å². The molecular weight excluding hydrogens is 617 g/mol. The molecule has 0 bridgehead atoms. The lowest BCUT2D eigenvalue weighted by atomic mass is 10.1. The summed E-state index contributed by atoms with van der Waals surface area (Å²) in [4.78, 5) is 51.6. The van der Waals surface area contributed by atoms with E-state index in [2.05, 4.69) is 27.7 Å². The van der Waals surface area contributed by atoms with Crippen molar-refractivity contribution in [3.05, 3.63) is 59.9 Å². The number of aliphatic hydroxyl groups excluding tert-OH is 1. The van der Waals surface area contributed by atoms with Crippen LogP contribution in [0, 0.1) is 0 Å². The molecule has 2 heterocycles. The molecule has 3 atom stereocenters. The van der Waals surface area contributed by atoms with E-state index in [1.807, 2.05) is 36.4 Å². The van der Waals surface area contributed by atoms with Crippen LogP contribution in [0.2, 0.25) is 0 Å². The topological polar surface area (TPSA) is 138 Å². The Hall–Kier alpha value is -3.55. The quantitative estimate of drug-likeness (QED) is 0.101. The van der Waals surface area contributed by atoms with Crippen molar-refractivity contribution in [1.29, 1.82) is 0 Å². The molecule has 1 aromatic heterocycles. The molecule has 244 valence electrons. The number of benzene rings is 1. The van der Waals surface area contributed by atoms with Crippen LogP contribution in [0.3, 0.4) is 0 Å². The van der Waals surface area contributed by atoms with E-state index in [9.17, 15) is 24.3 Å². The lowest BCUT2D eigenvalue weighted by Crippen LogP contribution is -2.49. The maximum atomic E-state index is 12.8. The molecular formula is C32H43N4O7S2+. The third kappa shape index (κ3) is 12.4. The van der Waals surface area contributed by atoms with Gasteiger partial charge in [0.2, 0.25) is 12.5 Å². The van der Waals surface area contributed by atoms with E-state index in [-0.39, 0.29) is 55.6 Å². The van der Waals surface area contributed by atoms with Gasteiger partial charge in [-0.1, -0.05) is 52.8 Å². The van der Waals surface area contributed by atoms with E-state index in [1.165, 1.54) is 21.6 Å². The van der Waals surface area contributed by atoms with Crippen LogP contribution >= 0.6 is 21.6 Å². The second-order valence-electron chi connectivity index (χ2n) is 10.3. The molecule has 1 aliphatic rings. The maximum Gasteiger partial charge on any atom is 0.329 e. The van der Waals surface area contributed by atoms with Gasteiger partial charge in [0.05, 0.1) is 19.3 Å². The van der Waals surface area contributed by atoms with Gasteiger partial charge >= 0.3 is 11.9 Å². The zero-order chi connectivity index (χ0) is 32.6. The molecule has 1 saturated heterocycles. The molecule has 1 aromatic carbocycles. The number of β-amino-alcohol motifs (C(OH)–C–C–N with tert-alkyl or cyclic N) is 1. The minimum Gasteiger partial charge on any atom is -0.464 e. The van der Waals surface area contributed by atoms with Crippen molar-refractivity contribution < 1.29 is 38.3 Å². The van der Waals surface area contributed by atoms with Crippen LogP contribution in [0.4, 0.5) is 5.69 Å². The summed E-state index contributed by atoms with van der Waals surface area (Å²) in [6.07, 6.45) is 8.38. The van der Waals surface area contributed by atoms with E-state index in [1.54, 1.807) is 37.7 Å². The number of aromatic nitrogens is 1.